The van der Waals surface area contributed by atoms with Crippen LogP contribution in [0.5, 0.6) is 0 Å². The number of nitrogens with one attached hydrogen (secondary N) is 1. The lowest BCUT2D eigenvalue weighted by Crippen LogP contribution is -2.33. The lowest BCUT2D eigenvalue weighted by Gasteiger charge is -2.21. The lowest BCUT2D eigenvalue weighted by atomic mass is 9.86. The summed E-state index contributed by atoms with van der Waals surface area (Å²) in [6, 6.07) is 18.6. The number of benzene rings is 2. The van der Waals surface area contributed by atoms with Crippen molar-refractivity contribution in [1.29, 1.82) is 0 Å². The molecular weight excluding hydrogens is 314 g/mol. The fraction of sp³-hybridized carbons (Fsp3) is 0.381. The molecule has 24 heavy (non-hydrogen) atoms. The van der Waals surface area contributed by atoms with Gasteiger partial charge in [-0.3, -0.25) is 4.79 Å². The summed E-state index contributed by atoms with van der Waals surface area (Å²) in [6.07, 6.45) is 0. The van der Waals surface area contributed by atoms with Crippen molar-refractivity contribution >= 4 is 17.7 Å². The fourth-order valence-electron chi connectivity index (χ4n) is 2.44. The highest BCUT2D eigenvalue weighted by molar-refractivity contribution is 8.00. The number of hydrogen-bond donors (Lipinski definition) is 1. The van der Waals surface area contributed by atoms with Gasteiger partial charge in [-0.05, 0) is 42.5 Å². The largest absolute Gasteiger partial charge is 0.349 e. The molecule has 0 aliphatic heterocycles. The van der Waals surface area contributed by atoms with Crippen molar-refractivity contribution in [3.05, 3.63) is 65.7 Å². The Bertz CT molecular complexity index is 658. The minimum atomic E-state index is -0.122. The zero-order valence-corrected chi connectivity index (χ0v) is 16.0. The SMILES string of the molecule is C[C@H](NC(=O)[C@@H](C)Sc1ccccc1)c1ccc(C(C)(C)C)cc1. The number of thioether (sulfide) groups is 1. The molecule has 0 saturated heterocycles. The molecule has 0 bridgehead atoms. The summed E-state index contributed by atoms with van der Waals surface area (Å²) in [6.45, 7) is 10.6. The summed E-state index contributed by atoms with van der Waals surface area (Å²) >= 11 is 1.58. The van der Waals surface area contributed by atoms with Crippen LogP contribution in [0.15, 0.2) is 59.5 Å². The Morgan fingerprint density at radius 3 is 2.08 bits per heavy atom. The van der Waals surface area contributed by atoms with Crippen LogP contribution < -0.4 is 5.32 Å². The Morgan fingerprint density at radius 1 is 0.958 bits per heavy atom. The molecule has 0 unspecified atom stereocenters. The van der Waals surface area contributed by atoms with Crippen LogP contribution in [0, 0.1) is 0 Å². The summed E-state index contributed by atoms with van der Waals surface area (Å²) in [5.41, 5.74) is 2.58. The minimum Gasteiger partial charge on any atom is -0.349 e. The summed E-state index contributed by atoms with van der Waals surface area (Å²) in [5.74, 6) is 0.0660. The van der Waals surface area contributed by atoms with E-state index in [1.54, 1.807) is 11.8 Å². The van der Waals surface area contributed by atoms with Gasteiger partial charge < -0.3 is 5.32 Å². The highest BCUT2D eigenvalue weighted by Gasteiger charge is 2.18. The van der Waals surface area contributed by atoms with Crippen LogP contribution in [0.4, 0.5) is 0 Å². The number of carbonyl (C=O) groups is 1. The van der Waals surface area contributed by atoms with Gasteiger partial charge >= 0.3 is 0 Å². The lowest BCUT2D eigenvalue weighted by molar-refractivity contribution is -0.120. The van der Waals surface area contributed by atoms with E-state index < -0.39 is 0 Å². The Morgan fingerprint density at radius 2 is 1.54 bits per heavy atom. The number of carbonyl (C=O) groups excluding carboxylic acids is 1. The first-order valence-electron chi connectivity index (χ1n) is 8.40. The molecule has 2 rings (SSSR count). The monoisotopic (exact) mass is 341 g/mol. The van der Waals surface area contributed by atoms with Crippen LogP contribution in [-0.2, 0) is 10.2 Å². The highest BCUT2D eigenvalue weighted by atomic mass is 32.2. The summed E-state index contributed by atoms with van der Waals surface area (Å²) in [7, 11) is 0. The van der Waals surface area contributed by atoms with Gasteiger partial charge in [0.1, 0.15) is 0 Å². The molecule has 1 amide bonds. The Labute approximate surface area is 150 Å². The first-order valence-corrected chi connectivity index (χ1v) is 9.28. The highest BCUT2D eigenvalue weighted by Crippen LogP contribution is 2.25. The van der Waals surface area contributed by atoms with E-state index in [0.29, 0.717) is 0 Å². The quantitative estimate of drug-likeness (QED) is 0.744. The van der Waals surface area contributed by atoms with E-state index >= 15 is 0 Å². The van der Waals surface area contributed by atoms with E-state index in [4.69, 9.17) is 0 Å². The second-order valence-electron chi connectivity index (χ2n) is 7.18. The molecule has 2 nitrogen and oxygen atoms in total. The van der Waals surface area contributed by atoms with Gasteiger partial charge in [0.15, 0.2) is 0 Å². The van der Waals surface area contributed by atoms with Gasteiger partial charge in [0.25, 0.3) is 0 Å². The second-order valence-corrected chi connectivity index (χ2v) is 8.59. The molecule has 0 aromatic heterocycles. The first kappa shape index (κ1) is 18.6. The molecule has 0 aliphatic carbocycles. The van der Waals surface area contributed by atoms with E-state index in [1.807, 2.05) is 44.2 Å². The van der Waals surface area contributed by atoms with Crippen molar-refractivity contribution in [2.24, 2.45) is 0 Å². The molecule has 1 N–H and O–H groups in total. The standard InChI is InChI=1S/C21H27NOS/c1-15(17-11-13-18(14-12-17)21(3,4)5)22-20(23)16(2)24-19-9-7-6-8-10-19/h6-16H,1-5H3,(H,22,23)/t15-,16+/m0/s1. The van der Waals surface area contributed by atoms with Crippen LogP contribution in [-0.4, -0.2) is 11.2 Å². The third-order valence-electron chi connectivity index (χ3n) is 4.06. The van der Waals surface area contributed by atoms with Gasteiger partial charge in [0, 0.05) is 4.90 Å². The summed E-state index contributed by atoms with van der Waals surface area (Å²) < 4.78 is 0. The molecule has 0 heterocycles. The smallest absolute Gasteiger partial charge is 0.233 e. The zero-order chi connectivity index (χ0) is 17.7. The van der Waals surface area contributed by atoms with Crippen molar-refractivity contribution in [2.45, 2.75) is 56.2 Å². The molecule has 0 aliphatic rings. The average Bonchev–Trinajstić information content (AvgIpc) is 2.55. The molecule has 3 heteroatoms. The fourth-order valence-corrected chi connectivity index (χ4v) is 3.34. The molecule has 0 fully saturated rings. The van der Waals surface area contributed by atoms with Gasteiger partial charge in [-0.25, -0.2) is 0 Å². The van der Waals surface area contributed by atoms with E-state index in [2.05, 4.69) is 50.4 Å². The second kappa shape index (κ2) is 7.89. The van der Waals surface area contributed by atoms with Gasteiger partial charge in [-0.15, -0.1) is 11.8 Å². The molecule has 0 spiro atoms. The third-order valence-corrected chi connectivity index (χ3v) is 5.17. The first-order chi connectivity index (χ1) is 11.3. The molecule has 0 saturated carbocycles. The van der Waals surface area contributed by atoms with E-state index in [9.17, 15) is 4.79 Å². The van der Waals surface area contributed by atoms with E-state index in [0.717, 1.165) is 10.5 Å². The maximum absolute atomic E-state index is 12.4. The van der Waals surface area contributed by atoms with Crippen LogP contribution >= 0.6 is 11.8 Å². The average molecular weight is 342 g/mol. The van der Waals surface area contributed by atoms with E-state index in [1.165, 1.54) is 5.56 Å². The minimum absolute atomic E-state index is 0.00495. The Hall–Kier alpha value is -1.74. The summed E-state index contributed by atoms with van der Waals surface area (Å²) in [4.78, 5) is 13.5. The van der Waals surface area contributed by atoms with Gasteiger partial charge in [0.2, 0.25) is 5.91 Å². The molecule has 2 atom stereocenters. The van der Waals surface area contributed by atoms with Gasteiger partial charge in [-0.2, -0.15) is 0 Å². The third kappa shape index (κ3) is 5.13. The van der Waals surface area contributed by atoms with Crippen LogP contribution in [0.25, 0.3) is 0 Å². The molecule has 128 valence electrons. The van der Waals surface area contributed by atoms with Gasteiger partial charge in [-0.1, -0.05) is 63.2 Å². The van der Waals surface area contributed by atoms with Crippen molar-refractivity contribution < 1.29 is 4.79 Å². The van der Waals surface area contributed by atoms with E-state index in [-0.39, 0.29) is 22.6 Å². The Balaban J connectivity index is 1.95. The molecule has 2 aromatic rings. The van der Waals surface area contributed by atoms with Crippen LogP contribution in [0.1, 0.15) is 51.8 Å². The Kier molecular flexibility index (Phi) is 6.11. The predicted octanol–water partition coefficient (Wildman–Crippen LogP) is 5.34. The van der Waals surface area contributed by atoms with Crippen LogP contribution in [0.3, 0.4) is 0 Å². The maximum Gasteiger partial charge on any atom is 0.233 e. The molecule has 2 aromatic carbocycles. The van der Waals surface area contributed by atoms with Crippen molar-refractivity contribution in [3.63, 3.8) is 0 Å². The maximum atomic E-state index is 12.4. The number of hydrogen-bond acceptors (Lipinski definition) is 2. The summed E-state index contributed by atoms with van der Waals surface area (Å²) in [5, 5.41) is 2.99. The van der Waals surface area contributed by atoms with Crippen LogP contribution in [0.2, 0.25) is 0 Å². The topological polar surface area (TPSA) is 29.1 Å². The van der Waals surface area contributed by atoms with Gasteiger partial charge in [0.05, 0.1) is 11.3 Å². The number of amides is 1. The van der Waals surface area contributed by atoms with Crippen molar-refractivity contribution in [3.8, 4) is 0 Å². The van der Waals surface area contributed by atoms with Crippen molar-refractivity contribution in [1.82, 2.24) is 5.32 Å². The van der Waals surface area contributed by atoms with Crippen molar-refractivity contribution in [2.75, 3.05) is 0 Å². The number of rotatable bonds is 5. The zero-order valence-electron chi connectivity index (χ0n) is 15.2. The predicted molar refractivity (Wildman–Crippen MR) is 103 cm³/mol. The molecular formula is C21H27NOS. The molecule has 0 radical (unpaired) electrons. The normalized spacial score (nSPS) is 14.0.